The Morgan fingerprint density at radius 2 is 2.26 bits per heavy atom. The van der Waals surface area contributed by atoms with Crippen LogP contribution >= 0.6 is 11.3 Å². The van der Waals surface area contributed by atoms with E-state index in [1.807, 2.05) is 13.0 Å². The van der Waals surface area contributed by atoms with Gasteiger partial charge in [0, 0.05) is 18.5 Å². The van der Waals surface area contributed by atoms with Gasteiger partial charge in [0.05, 0.1) is 6.26 Å². The van der Waals surface area contributed by atoms with E-state index in [0.717, 1.165) is 17.7 Å². The zero-order valence-corrected chi connectivity index (χ0v) is 14.0. The van der Waals surface area contributed by atoms with Crippen LogP contribution < -0.4 is 5.32 Å². The monoisotopic (exact) mass is 333 g/mol. The van der Waals surface area contributed by atoms with Gasteiger partial charge in [-0.1, -0.05) is 0 Å². The zero-order valence-electron chi connectivity index (χ0n) is 13.2. The first kappa shape index (κ1) is 15.7. The molecule has 1 N–H and O–H groups in total. The lowest BCUT2D eigenvalue weighted by molar-refractivity contribution is -0.126. The molecule has 2 amide bonds. The number of piperidine rings is 1. The van der Waals surface area contributed by atoms with Crippen LogP contribution in [0.2, 0.25) is 0 Å². The molecule has 0 aliphatic carbocycles. The third-order valence-corrected chi connectivity index (χ3v) is 5.03. The third-order valence-electron chi connectivity index (χ3n) is 4.04. The number of hydrogen-bond acceptors (Lipinski definition) is 5. The summed E-state index contributed by atoms with van der Waals surface area (Å²) in [5, 5.41) is 3.33. The number of carbonyl (C=O) groups is 2. The van der Waals surface area contributed by atoms with Crippen molar-refractivity contribution in [1.82, 2.24) is 15.2 Å². The van der Waals surface area contributed by atoms with Crippen molar-refractivity contribution < 1.29 is 14.0 Å². The van der Waals surface area contributed by atoms with Gasteiger partial charge in [-0.15, -0.1) is 11.3 Å². The number of thiazole rings is 1. The van der Waals surface area contributed by atoms with Crippen molar-refractivity contribution in [3.8, 4) is 10.8 Å². The van der Waals surface area contributed by atoms with E-state index in [9.17, 15) is 9.59 Å². The molecule has 0 unspecified atom stereocenters. The fourth-order valence-electron chi connectivity index (χ4n) is 2.85. The predicted octanol–water partition coefficient (Wildman–Crippen LogP) is 2.45. The Kier molecular flexibility index (Phi) is 4.47. The largest absolute Gasteiger partial charge is 0.462 e. The van der Waals surface area contributed by atoms with Crippen LogP contribution in [0.5, 0.6) is 0 Å². The maximum absolute atomic E-state index is 12.9. The molecule has 0 saturated carbocycles. The number of carbonyl (C=O) groups excluding carboxylic acids is 2. The van der Waals surface area contributed by atoms with Crippen molar-refractivity contribution >= 4 is 23.2 Å². The summed E-state index contributed by atoms with van der Waals surface area (Å²) in [7, 11) is 1.60. The lowest BCUT2D eigenvalue weighted by Crippen LogP contribution is -2.51. The van der Waals surface area contributed by atoms with Gasteiger partial charge >= 0.3 is 0 Å². The average Bonchev–Trinajstić information content (AvgIpc) is 3.23. The minimum Gasteiger partial charge on any atom is -0.462 e. The highest BCUT2D eigenvalue weighted by molar-refractivity contribution is 7.15. The van der Waals surface area contributed by atoms with Crippen molar-refractivity contribution in [3.63, 3.8) is 0 Å². The first-order chi connectivity index (χ1) is 11.1. The number of aryl methyl sites for hydroxylation is 1. The van der Waals surface area contributed by atoms with Crippen LogP contribution in [0.15, 0.2) is 22.8 Å². The molecule has 0 bridgehead atoms. The Hall–Kier alpha value is -2.15. The maximum Gasteiger partial charge on any atom is 0.274 e. The van der Waals surface area contributed by atoms with E-state index in [2.05, 4.69) is 10.3 Å². The summed E-state index contributed by atoms with van der Waals surface area (Å²) < 4.78 is 5.35. The van der Waals surface area contributed by atoms with Gasteiger partial charge in [0.15, 0.2) is 10.8 Å². The molecule has 1 atom stereocenters. The van der Waals surface area contributed by atoms with Gasteiger partial charge in [-0.05, 0) is 38.3 Å². The lowest BCUT2D eigenvalue weighted by atomic mass is 10.0. The number of aromatic nitrogens is 1. The molecule has 23 heavy (non-hydrogen) atoms. The fourth-order valence-corrected chi connectivity index (χ4v) is 3.72. The predicted molar refractivity (Wildman–Crippen MR) is 87.3 cm³/mol. The van der Waals surface area contributed by atoms with Gasteiger partial charge in [-0.25, -0.2) is 4.98 Å². The van der Waals surface area contributed by atoms with Gasteiger partial charge in [-0.2, -0.15) is 0 Å². The molecular weight excluding hydrogens is 314 g/mol. The zero-order chi connectivity index (χ0) is 16.4. The Morgan fingerprint density at radius 3 is 2.96 bits per heavy atom. The van der Waals surface area contributed by atoms with Crippen molar-refractivity contribution in [3.05, 3.63) is 29.0 Å². The molecule has 3 heterocycles. The van der Waals surface area contributed by atoms with Crippen LogP contribution in [0.25, 0.3) is 10.8 Å². The van der Waals surface area contributed by atoms with Crippen LogP contribution in [-0.4, -0.2) is 41.3 Å². The molecule has 1 aliphatic rings. The Balaban J connectivity index is 1.88. The molecule has 0 spiro atoms. The summed E-state index contributed by atoms with van der Waals surface area (Å²) in [5.41, 5.74) is 0.414. The summed E-state index contributed by atoms with van der Waals surface area (Å²) >= 11 is 1.43. The summed E-state index contributed by atoms with van der Waals surface area (Å²) in [6.45, 7) is 2.46. The topological polar surface area (TPSA) is 75.4 Å². The number of rotatable bonds is 3. The van der Waals surface area contributed by atoms with E-state index in [4.69, 9.17) is 4.42 Å². The number of furan rings is 1. The second-order valence-electron chi connectivity index (χ2n) is 5.53. The summed E-state index contributed by atoms with van der Waals surface area (Å²) in [6.07, 6.45) is 4.14. The number of amides is 2. The van der Waals surface area contributed by atoms with Gasteiger partial charge in [0.25, 0.3) is 5.91 Å². The number of likely N-dealkylation sites (tertiary alicyclic amines) is 1. The van der Waals surface area contributed by atoms with Crippen molar-refractivity contribution in [2.75, 3.05) is 13.6 Å². The van der Waals surface area contributed by atoms with E-state index in [1.54, 1.807) is 24.3 Å². The van der Waals surface area contributed by atoms with Crippen molar-refractivity contribution in [2.45, 2.75) is 32.2 Å². The van der Waals surface area contributed by atoms with Crippen LogP contribution in [0.1, 0.15) is 34.6 Å². The first-order valence-electron chi connectivity index (χ1n) is 7.65. The van der Waals surface area contributed by atoms with E-state index in [-0.39, 0.29) is 11.8 Å². The van der Waals surface area contributed by atoms with Crippen LogP contribution in [0.4, 0.5) is 0 Å². The number of likely N-dealkylation sites (N-methyl/N-ethyl adjacent to an activating group) is 1. The minimum absolute atomic E-state index is 0.114. The van der Waals surface area contributed by atoms with E-state index >= 15 is 0 Å². The van der Waals surface area contributed by atoms with Crippen LogP contribution in [-0.2, 0) is 4.79 Å². The second kappa shape index (κ2) is 6.54. The normalized spacial score (nSPS) is 18.0. The van der Waals surface area contributed by atoms with Crippen LogP contribution in [0, 0.1) is 6.92 Å². The minimum atomic E-state index is -0.408. The molecule has 1 aliphatic heterocycles. The van der Waals surface area contributed by atoms with Gasteiger partial charge in [0.1, 0.15) is 11.7 Å². The molecule has 2 aromatic rings. The highest BCUT2D eigenvalue weighted by Crippen LogP contribution is 2.29. The summed E-state index contributed by atoms with van der Waals surface area (Å²) in [4.78, 5) is 31.9. The molecular formula is C16H19N3O3S. The Morgan fingerprint density at radius 1 is 1.43 bits per heavy atom. The smallest absolute Gasteiger partial charge is 0.274 e. The van der Waals surface area contributed by atoms with Crippen molar-refractivity contribution in [2.24, 2.45) is 0 Å². The lowest BCUT2D eigenvalue weighted by Gasteiger charge is -2.34. The SMILES string of the molecule is CNC(=O)[C@@H]1CCCCN1C(=O)c1nc(-c2ccco2)sc1C. The molecule has 3 rings (SSSR count). The standard InChI is InChI=1S/C16H19N3O3S/c1-10-13(18-15(23-10)12-7-5-9-22-12)16(21)19-8-4-3-6-11(19)14(20)17-2/h5,7,9,11H,3-4,6,8H2,1-2H3,(H,17,20)/t11-/m0/s1. The second-order valence-corrected chi connectivity index (χ2v) is 6.73. The molecule has 0 radical (unpaired) electrons. The number of hydrogen-bond donors (Lipinski definition) is 1. The van der Waals surface area contributed by atoms with Gasteiger partial charge in [-0.3, -0.25) is 9.59 Å². The van der Waals surface area contributed by atoms with E-state index in [0.29, 0.717) is 29.4 Å². The quantitative estimate of drug-likeness (QED) is 0.936. The van der Waals surface area contributed by atoms with Crippen LogP contribution in [0.3, 0.4) is 0 Å². The highest BCUT2D eigenvalue weighted by Gasteiger charge is 2.34. The Labute approximate surface area is 138 Å². The number of nitrogens with zero attached hydrogens (tertiary/aromatic N) is 2. The van der Waals surface area contributed by atoms with Gasteiger partial charge in [0.2, 0.25) is 5.91 Å². The van der Waals surface area contributed by atoms with Crippen molar-refractivity contribution in [1.29, 1.82) is 0 Å². The molecule has 7 heteroatoms. The molecule has 1 fully saturated rings. The number of nitrogens with one attached hydrogen (secondary N) is 1. The average molecular weight is 333 g/mol. The Bertz CT molecular complexity index is 708. The van der Waals surface area contributed by atoms with Gasteiger partial charge < -0.3 is 14.6 Å². The molecule has 6 nitrogen and oxygen atoms in total. The van der Waals surface area contributed by atoms with E-state index < -0.39 is 6.04 Å². The molecule has 122 valence electrons. The molecule has 2 aromatic heterocycles. The highest BCUT2D eigenvalue weighted by atomic mass is 32.1. The fraction of sp³-hybridized carbons (Fsp3) is 0.438. The molecule has 1 saturated heterocycles. The summed E-state index contributed by atoms with van der Waals surface area (Å²) in [5.74, 6) is 0.362. The summed E-state index contributed by atoms with van der Waals surface area (Å²) in [6, 6.07) is 3.20. The third kappa shape index (κ3) is 3.01. The van der Waals surface area contributed by atoms with E-state index in [1.165, 1.54) is 11.3 Å². The maximum atomic E-state index is 12.9. The molecule has 0 aromatic carbocycles. The first-order valence-corrected chi connectivity index (χ1v) is 8.47.